The number of carboxylic acid groups (broad SMARTS) is 1. The lowest BCUT2D eigenvalue weighted by Gasteiger charge is -2.10. The van der Waals surface area contributed by atoms with Crippen LogP contribution in [0.15, 0.2) is 30.3 Å². The second kappa shape index (κ2) is 8.25. The van der Waals surface area contributed by atoms with Crippen LogP contribution in [0.3, 0.4) is 0 Å². The number of Topliss-reactive ketones (excluding diaryl/α,β-unsaturated/α-hetero) is 1. The van der Waals surface area contributed by atoms with E-state index in [1.807, 2.05) is 30.3 Å². The topological polar surface area (TPSA) is 78.2 Å². The lowest BCUT2D eigenvalue weighted by molar-refractivity contribution is -0.139. The minimum absolute atomic E-state index is 0.259. The molecule has 0 saturated carbocycles. The number of hydrogen-bond acceptors (Lipinski definition) is 3. The fourth-order valence-electron chi connectivity index (χ4n) is 2.09. The Hall–Kier alpha value is -1.97. The lowest BCUT2D eigenvalue weighted by atomic mass is 9.94. The first-order valence-corrected chi connectivity index (χ1v) is 6.94. The Morgan fingerprint density at radius 2 is 1.85 bits per heavy atom. The second-order valence-electron chi connectivity index (χ2n) is 4.83. The summed E-state index contributed by atoms with van der Waals surface area (Å²) in [6.07, 6.45) is 3.00. The monoisotopic (exact) mass is 275 g/mol. The van der Waals surface area contributed by atoms with Gasteiger partial charge in [-0.2, -0.15) is 0 Å². The molecule has 0 fully saturated rings. The quantitative estimate of drug-likeness (QED) is 0.537. The summed E-state index contributed by atoms with van der Waals surface area (Å²) >= 11 is 0. The molecule has 0 radical (unpaired) electrons. The van der Waals surface area contributed by atoms with Gasteiger partial charge in [0.2, 0.25) is 0 Å². The summed E-state index contributed by atoms with van der Waals surface area (Å²) < 4.78 is 0. The molecular weight excluding hydrogens is 254 g/mol. The number of aryl methyl sites for hydroxylation is 1. The van der Waals surface area contributed by atoms with Gasteiger partial charge < -0.3 is 10.5 Å². The van der Waals surface area contributed by atoms with E-state index in [9.17, 15) is 9.59 Å². The molecule has 0 heterocycles. The molecule has 0 aromatic heterocycles. The van der Waals surface area contributed by atoms with Crippen LogP contribution >= 0.6 is 0 Å². The highest BCUT2D eigenvalue weighted by molar-refractivity contribution is 6.42. The Morgan fingerprint density at radius 3 is 2.40 bits per heavy atom. The van der Waals surface area contributed by atoms with Gasteiger partial charge in [0.25, 0.3) is 0 Å². The van der Waals surface area contributed by atoms with Gasteiger partial charge >= 0.3 is 5.97 Å². The molecule has 4 nitrogen and oxygen atoms in total. The van der Waals surface area contributed by atoms with E-state index in [0.717, 1.165) is 12.8 Å². The summed E-state index contributed by atoms with van der Waals surface area (Å²) in [7, 11) is 0. The van der Waals surface area contributed by atoms with Crippen LogP contribution in [0.5, 0.6) is 0 Å². The molecule has 0 unspecified atom stereocenters. The van der Waals surface area contributed by atoms with Gasteiger partial charge in [-0.15, -0.1) is 0 Å². The van der Waals surface area contributed by atoms with Crippen LogP contribution in [0, 0.1) is 11.3 Å². The van der Waals surface area contributed by atoms with Gasteiger partial charge in [-0.05, 0) is 31.2 Å². The number of carbonyl (C=O) groups is 2. The Labute approximate surface area is 119 Å². The highest BCUT2D eigenvalue weighted by Crippen LogP contribution is 2.11. The van der Waals surface area contributed by atoms with Gasteiger partial charge in [-0.25, -0.2) is 0 Å². The van der Waals surface area contributed by atoms with Crippen LogP contribution < -0.4 is 0 Å². The van der Waals surface area contributed by atoms with Crippen molar-refractivity contribution in [3.8, 4) is 0 Å². The zero-order chi connectivity index (χ0) is 15.0. The number of carboxylic acids is 1. The van der Waals surface area contributed by atoms with Crippen LogP contribution in [0.1, 0.15) is 38.2 Å². The van der Waals surface area contributed by atoms with Crippen LogP contribution in [0.2, 0.25) is 0 Å². The minimum atomic E-state index is -1.09. The number of ketones is 1. The largest absolute Gasteiger partial charge is 0.481 e. The van der Waals surface area contributed by atoms with E-state index in [1.54, 1.807) is 6.92 Å². The minimum Gasteiger partial charge on any atom is -0.481 e. The van der Waals surface area contributed by atoms with E-state index in [4.69, 9.17) is 10.5 Å². The molecule has 108 valence electrons. The molecule has 0 bridgehead atoms. The average molecular weight is 275 g/mol. The van der Waals surface area contributed by atoms with Crippen molar-refractivity contribution in [3.63, 3.8) is 0 Å². The molecule has 0 aliphatic heterocycles. The van der Waals surface area contributed by atoms with E-state index in [-0.39, 0.29) is 24.3 Å². The summed E-state index contributed by atoms with van der Waals surface area (Å²) in [4.78, 5) is 22.7. The third-order valence-corrected chi connectivity index (χ3v) is 3.32. The molecule has 1 atom stereocenters. The maximum absolute atomic E-state index is 11.8. The second-order valence-corrected chi connectivity index (χ2v) is 4.83. The molecule has 0 aliphatic rings. The Kier molecular flexibility index (Phi) is 6.64. The van der Waals surface area contributed by atoms with Crippen molar-refractivity contribution in [1.82, 2.24) is 0 Å². The number of carbonyl (C=O) groups excluding carboxylic acids is 1. The SMILES string of the molecule is CC[C@@H](C(=N)C(=O)CCCCc1ccccc1)C(=O)O. The first-order valence-electron chi connectivity index (χ1n) is 6.94. The van der Waals surface area contributed by atoms with E-state index in [2.05, 4.69) is 0 Å². The molecule has 0 amide bonds. The first-order chi connectivity index (χ1) is 9.56. The van der Waals surface area contributed by atoms with Crippen LogP contribution in [0.25, 0.3) is 0 Å². The van der Waals surface area contributed by atoms with Crippen LogP contribution in [-0.4, -0.2) is 22.6 Å². The van der Waals surface area contributed by atoms with Crippen LogP contribution in [0.4, 0.5) is 0 Å². The smallest absolute Gasteiger partial charge is 0.312 e. The number of aliphatic carboxylic acids is 1. The average Bonchev–Trinajstić information content (AvgIpc) is 2.44. The van der Waals surface area contributed by atoms with Crippen molar-refractivity contribution in [2.45, 2.75) is 39.0 Å². The Morgan fingerprint density at radius 1 is 1.20 bits per heavy atom. The van der Waals surface area contributed by atoms with Gasteiger partial charge in [-0.1, -0.05) is 37.3 Å². The summed E-state index contributed by atoms with van der Waals surface area (Å²) in [5, 5.41) is 16.6. The molecule has 0 aliphatic carbocycles. The molecule has 0 saturated heterocycles. The Balaban J connectivity index is 2.33. The first kappa shape index (κ1) is 16.1. The number of hydrogen-bond donors (Lipinski definition) is 2. The van der Waals surface area contributed by atoms with Crippen molar-refractivity contribution in [2.24, 2.45) is 5.92 Å². The summed E-state index contributed by atoms with van der Waals surface area (Å²) in [6.45, 7) is 1.68. The standard InChI is InChI=1S/C16H21NO3/c1-2-13(16(19)20)15(17)14(18)11-7-6-10-12-8-4-3-5-9-12/h3-5,8-9,13,17H,2,6-7,10-11H2,1H3,(H,19,20)/t13-/m0/s1. The number of rotatable bonds is 9. The van der Waals surface area contributed by atoms with Crippen molar-refractivity contribution in [1.29, 1.82) is 5.41 Å². The summed E-state index contributed by atoms with van der Waals surface area (Å²) in [5.74, 6) is -2.39. The van der Waals surface area contributed by atoms with Crippen LogP contribution in [-0.2, 0) is 16.0 Å². The predicted octanol–water partition coefficient (Wildman–Crippen LogP) is 3.10. The molecule has 20 heavy (non-hydrogen) atoms. The molecule has 1 aromatic carbocycles. The molecule has 1 rings (SSSR count). The van der Waals surface area contributed by atoms with E-state index >= 15 is 0 Å². The van der Waals surface area contributed by atoms with Gasteiger partial charge in [0.15, 0.2) is 5.78 Å². The van der Waals surface area contributed by atoms with Gasteiger partial charge in [0, 0.05) is 6.42 Å². The van der Waals surface area contributed by atoms with Crippen molar-refractivity contribution in [3.05, 3.63) is 35.9 Å². The normalized spacial score (nSPS) is 11.8. The fraction of sp³-hybridized carbons (Fsp3) is 0.438. The fourth-order valence-corrected chi connectivity index (χ4v) is 2.09. The molecule has 4 heteroatoms. The van der Waals surface area contributed by atoms with Gasteiger partial charge in [-0.3, -0.25) is 9.59 Å². The number of nitrogens with one attached hydrogen (secondary N) is 1. The molecule has 2 N–H and O–H groups in total. The van der Waals surface area contributed by atoms with E-state index < -0.39 is 11.9 Å². The maximum Gasteiger partial charge on any atom is 0.312 e. The van der Waals surface area contributed by atoms with E-state index in [0.29, 0.717) is 6.42 Å². The predicted molar refractivity (Wildman–Crippen MR) is 78.1 cm³/mol. The molecule has 0 spiro atoms. The zero-order valence-electron chi connectivity index (χ0n) is 11.8. The van der Waals surface area contributed by atoms with Gasteiger partial charge in [0.05, 0.1) is 5.71 Å². The number of benzene rings is 1. The zero-order valence-corrected chi connectivity index (χ0v) is 11.8. The van der Waals surface area contributed by atoms with E-state index in [1.165, 1.54) is 5.56 Å². The van der Waals surface area contributed by atoms with Crippen molar-refractivity contribution >= 4 is 17.5 Å². The maximum atomic E-state index is 11.8. The third-order valence-electron chi connectivity index (χ3n) is 3.32. The number of unbranched alkanes of at least 4 members (excludes halogenated alkanes) is 1. The molecule has 1 aromatic rings. The Bertz CT molecular complexity index is 468. The lowest BCUT2D eigenvalue weighted by Crippen LogP contribution is -2.28. The summed E-state index contributed by atoms with van der Waals surface area (Å²) in [6, 6.07) is 10.0. The third kappa shape index (κ3) is 4.96. The summed E-state index contributed by atoms with van der Waals surface area (Å²) in [5.41, 5.74) is 0.965. The van der Waals surface area contributed by atoms with Gasteiger partial charge in [0.1, 0.15) is 5.92 Å². The highest BCUT2D eigenvalue weighted by Gasteiger charge is 2.25. The molecular formula is C16H21NO3. The van der Waals surface area contributed by atoms with Crippen molar-refractivity contribution in [2.75, 3.05) is 0 Å². The van der Waals surface area contributed by atoms with Crippen molar-refractivity contribution < 1.29 is 14.7 Å². The highest BCUT2D eigenvalue weighted by atomic mass is 16.4.